The van der Waals surface area contributed by atoms with Gasteiger partial charge in [0.2, 0.25) is 0 Å². The Balaban J connectivity index is 2.64. The third-order valence-electron chi connectivity index (χ3n) is 4.28. The zero-order chi connectivity index (χ0) is 13.4. The molecule has 1 heteroatoms. The second-order valence-corrected chi connectivity index (χ2v) is 6.42. The first-order valence-corrected chi connectivity index (χ1v) is 7.27. The van der Waals surface area contributed by atoms with Crippen molar-refractivity contribution in [2.75, 3.05) is 0 Å². The summed E-state index contributed by atoms with van der Waals surface area (Å²) in [6.45, 7) is 11.3. The Kier molecular flexibility index (Phi) is 3.82. The maximum Gasteiger partial charge on any atom is 0.0793 e. The molecule has 1 nitrogen and oxygen atoms in total. The molecule has 1 aliphatic carbocycles. The molecule has 1 N–H and O–H groups in total. The quantitative estimate of drug-likeness (QED) is 0.789. The van der Waals surface area contributed by atoms with Crippen molar-refractivity contribution >= 4 is 0 Å². The molecule has 0 aromatic heterocycles. The molecule has 0 bridgehead atoms. The SMILES string of the molecule is CC(C)c1cc(C(C)C)c2c(c1)[C@@H](O)CCC2C. The van der Waals surface area contributed by atoms with Gasteiger partial charge in [0.05, 0.1) is 6.10 Å². The molecular formula is C17H26O. The molecule has 100 valence electrons. The van der Waals surface area contributed by atoms with Crippen LogP contribution in [0.4, 0.5) is 0 Å². The van der Waals surface area contributed by atoms with Crippen LogP contribution in [0.5, 0.6) is 0 Å². The first-order valence-electron chi connectivity index (χ1n) is 7.27. The first-order chi connectivity index (χ1) is 8.41. The smallest absolute Gasteiger partial charge is 0.0793 e. The minimum absolute atomic E-state index is 0.257. The van der Waals surface area contributed by atoms with E-state index in [1.54, 1.807) is 0 Å². The highest BCUT2D eigenvalue weighted by Gasteiger charge is 2.27. The average Bonchev–Trinajstić information content (AvgIpc) is 2.32. The van der Waals surface area contributed by atoms with Gasteiger partial charge in [-0.1, -0.05) is 46.8 Å². The van der Waals surface area contributed by atoms with Gasteiger partial charge in [0.25, 0.3) is 0 Å². The fourth-order valence-corrected chi connectivity index (χ4v) is 3.09. The molecule has 18 heavy (non-hydrogen) atoms. The Morgan fingerprint density at radius 3 is 2.28 bits per heavy atom. The molecule has 1 unspecified atom stereocenters. The van der Waals surface area contributed by atoms with Crippen LogP contribution < -0.4 is 0 Å². The maximum absolute atomic E-state index is 10.3. The summed E-state index contributed by atoms with van der Waals surface area (Å²) < 4.78 is 0. The Morgan fingerprint density at radius 2 is 1.72 bits per heavy atom. The predicted octanol–water partition coefficient (Wildman–Crippen LogP) is 4.86. The number of aliphatic hydroxyl groups is 1. The van der Waals surface area contributed by atoms with Gasteiger partial charge in [0, 0.05) is 0 Å². The van der Waals surface area contributed by atoms with Gasteiger partial charge in [0.15, 0.2) is 0 Å². The normalized spacial score (nSPS) is 23.6. The van der Waals surface area contributed by atoms with E-state index in [2.05, 4.69) is 46.8 Å². The van der Waals surface area contributed by atoms with Crippen molar-refractivity contribution in [3.63, 3.8) is 0 Å². The first kappa shape index (κ1) is 13.6. The standard InChI is InChI=1S/C17H26O/c1-10(2)13-8-14(11(3)4)17-12(5)6-7-16(18)15(17)9-13/h8-12,16,18H,6-7H2,1-5H3/t12?,16-/m0/s1. The van der Waals surface area contributed by atoms with Gasteiger partial charge in [-0.15, -0.1) is 0 Å². The van der Waals surface area contributed by atoms with Gasteiger partial charge in [-0.2, -0.15) is 0 Å². The van der Waals surface area contributed by atoms with E-state index in [-0.39, 0.29) is 6.10 Å². The molecule has 0 saturated heterocycles. The maximum atomic E-state index is 10.3. The molecule has 2 atom stereocenters. The van der Waals surface area contributed by atoms with E-state index < -0.39 is 0 Å². The van der Waals surface area contributed by atoms with Crippen LogP contribution in [0.1, 0.15) is 93.6 Å². The zero-order valence-electron chi connectivity index (χ0n) is 12.3. The topological polar surface area (TPSA) is 20.2 Å². The van der Waals surface area contributed by atoms with E-state index in [1.165, 1.54) is 22.3 Å². The van der Waals surface area contributed by atoms with Crippen molar-refractivity contribution < 1.29 is 5.11 Å². The minimum atomic E-state index is -0.257. The molecule has 0 saturated carbocycles. The van der Waals surface area contributed by atoms with Crippen molar-refractivity contribution in [3.8, 4) is 0 Å². The van der Waals surface area contributed by atoms with Crippen molar-refractivity contribution in [3.05, 3.63) is 34.4 Å². The number of fused-ring (bicyclic) bond motifs is 1. The van der Waals surface area contributed by atoms with Crippen LogP contribution in [-0.4, -0.2) is 5.11 Å². The molecule has 0 heterocycles. The fourth-order valence-electron chi connectivity index (χ4n) is 3.09. The molecule has 1 aliphatic rings. The summed E-state index contributed by atoms with van der Waals surface area (Å²) in [4.78, 5) is 0. The van der Waals surface area contributed by atoms with E-state index in [9.17, 15) is 5.11 Å². The third kappa shape index (κ3) is 2.33. The van der Waals surface area contributed by atoms with Crippen molar-refractivity contribution in [1.82, 2.24) is 0 Å². The molecule has 0 amide bonds. The van der Waals surface area contributed by atoms with Gasteiger partial charge >= 0.3 is 0 Å². The summed E-state index contributed by atoms with van der Waals surface area (Å²) >= 11 is 0. The lowest BCUT2D eigenvalue weighted by Crippen LogP contribution is -2.16. The van der Waals surface area contributed by atoms with E-state index in [1.807, 2.05) is 0 Å². The average molecular weight is 246 g/mol. The summed E-state index contributed by atoms with van der Waals surface area (Å²) in [5.41, 5.74) is 5.44. The van der Waals surface area contributed by atoms with Gasteiger partial charge < -0.3 is 5.11 Å². The van der Waals surface area contributed by atoms with Gasteiger partial charge in [-0.05, 0) is 52.8 Å². The van der Waals surface area contributed by atoms with Gasteiger partial charge in [-0.25, -0.2) is 0 Å². The number of rotatable bonds is 2. The predicted molar refractivity (Wildman–Crippen MR) is 77.2 cm³/mol. The Hall–Kier alpha value is -0.820. The van der Waals surface area contributed by atoms with Crippen LogP contribution in [0.2, 0.25) is 0 Å². The van der Waals surface area contributed by atoms with Gasteiger partial charge in [-0.3, -0.25) is 0 Å². The lowest BCUT2D eigenvalue weighted by molar-refractivity contribution is 0.151. The van der Waals surface area contributed by atoms with Crippen LogP contribution in [-0.2, 0) is 0 Å². The summed E-state index contributed by atoms with van der Waals surface area (Å²) in [7, 11) is 0. The van der Waals surface area contributed by atoms with Crippen LogP contribution in [0.3, 0.4) is 0 Å². The number of benzene rings is 1. The fraction of sp³-hybridized carbons (Fsp3) is 0.647. The number of hydrogen-bond donors (Lipinski definition) is 1. The Labute approximate surface area is 111 Å². The van der Waals surface area contributed by atoms with E-state index in [4.69, 9.17) is 0 Å². The zero-order valence-corrected chi connectivity index (χ0v) is 12.3. The molecule has 0 aliphatic heterocycles. The Morgan fingerprint density at radius 1 is 1.06 bits per heavy atom. The lowest BCUT2D eigenvalue weighted by atomic mass is 9.75. The lowest BCUT2D eigenvalue weighted by Gasteiger charge is -2.31. The third-order valence-corrected chi connectivity index (χ3v) is 4.28. The van der Waals surface area contributed by atoms with Crippen molar-refractivity contribution in [1.29, 1.82) is 0 Å². The van der Waals surface area contributed by atoms with Crippen molar-refractivity contribution in [2.45, 2.75) is 71.3 Å². The van der Waals surface area contributed by atoms with E-state index in [0.717, 1.165) is 12.8 Å². The molecule has 2 rings (SSSR count). The molecule has 1 aromatic rings. The molecule has 0 fully saturated rings. The molecule has 1 aromatic carbocycles. The molecular weight excluding hydrogens is 220 g/mol. The van der Waals surface area contributed by atoms with E-state index in [0.29, 0.717) is 17.8 Å². The summed E-state index contributed by atoms with van der Waals surface area (Å²) in [5.74, 6) is 1.64. The second kappa shape index (κ2) is 5.05. The highest BCUT2D eigenvalue weighted by molar-refractivity contribution is 5.46. The minimum Gasteiger partial charge on any atom is -0.388 e. The monoisotopic (exact) mass is 246 g/mol. The second-order valence-electron chi connectivity index (χ2n) is 6.42. The summed E-state index contributed by atoms with van der Waals surface area (Å²) in [5, 5.41) is 10.3. The van der Waals surface area contributed by atoms with Crippen LogP contribution in [0.25, 0.3) is 0 Å². The van der Waals surface area contributed by atoms with E-state index >= 15 is 0 Å². The number of aliphatic hydroxyl groups excluding tert-OH is 1. The van der Waals surface area contributed by atoms with Crippen LogP contribution in [0.15, 0.2) is 12.1 Å². The Bertz CT molecular complexity index is 414. The summed E-state index contributed by atoms with van der Waals surface area (Å²) in [6, 6.07) is 4.61. The highest BCUT2D eigenvalue weighted by Crippen LogP contribution is 2.42. The largest absolute Gasteiger partial charge is 0.388 e. The molecule has 0 spiro atoms. The highest BCUT2D eigenvalue weighted by atomic mass is 16.3. The van der Waals surface area contributed by atoms with Crippen molar-refractivity contribution in [2.24, 2.45) is 0 Å². The molecule has 0 radical (unpaired) electrons. The van der Waals surface area contributed by atoms with Crippen LogP contribution >= 0.6 is 0 Å². The number of hydrogen-bond acceptors (Lipinski definition) is 1. The summed E-state index contributed by atoms with van der Waals surface area (Å²) in [6.07, 6.45) is 1.76. The van der Waals surface area contributed by atoms with Gasteiger partial charge in [0.1, 0.15) is 0 Å². The van der Waals surface area contributed by atoms with Crippen LogP contribution in [0, 0.1) is 0 Å².